The minimum absolute atomic E-state index is 0.237. The lowest BCUT2D eigenvalue weighted by atomic mass is 10.2. The van der Waals surface area contributed by atoms with Gasteiger partial charge in [0.05, 0.1) is 6.20 Å². The second-order valence-corrected chi connectivity index (χ2v) is 5.16. The average Bonchev–Trinajstić information content (AvgIpc) is 2.47. The van der Waals surface area contributed by atoms with E-state index in [2.05, 4.69) is 15.3 Å². The SMILES string of the molecule is CN(C)c1ncc(NC(=O)c2cccc(F)c2)c(N(C)C)n1. The zero-order valence-corrected chi connectivity index (χ0v) is 13.0. The van der Waals surface area contributed by atoms with Crippen LogP contribution < -0.4 is 15.1 Å². The molecule has 1 aromatic heterocycles. The van der Waals surface area contributed by atoms with E-state index in [4.69, 9.17) is 0 Å². The lowest BCUT2D eigenvalue weighted by molar-refractivity contribution is 0.102. The first-order valence-corrected chi connectivity index (χ1v) is 6.67. The average molecular weight is 303 g/mol. The van der Waals surface area contributed by atoms with Crippen LogP contribution in [0.15, 0.2) is 30.5 Å². The Hall–Kier alpha value is -2.70. The fraction of sp³-hybridized carbons (Fsp3) is 0.267. The van der Waals surface area contributed by atoms with Crippen LogP contribution in [0.3, 0.4) is 0 Å². The van der Waals surface area contributed by atoms with Gasteiger partial charge in [0.1, 0.15) is 11.5 Å². The Morgan fingerprint density at radius 1 is 1.18 bits per heavy atom. The van der Waals surface area contributed by atoms with Crippen LogP contribution in [-0.4, -0.2) is 44.1 Å². The van der Waals surface area contributed by atoms with Gasteiger partial charge in [0.25, 0.3) is 5.91 Å². The maximum atomic E-state index is 13.2. The molecule has 7 heteroatoms. The Balaban J connectivity index is 2.30. The first-order valence-electron chi connectivity index (χ1n) is 6.67. The molecule has 0 radical (unpaired) electrons. The van der Waals surface area contributed by atoms with Crippen molar-refractivity contribution < 1.29 is 9.18 Å². The Kier molecular flexibility index (Phi) is 4.55. The summed E-state index contributed by atoms with van der Waals surface area (Å²) in [5.41, 5.74) is 0.700. The molecule has 0 saturated carbocycles. The minimum atomic E-state index is -0.459. The third-order valence-corrected chi connectivity index (χ3v) is 2.91. The number of rotatable bonds is 4. The van der Waals surface area contributed by atoms with E-state index < -0.39 is 11.7 Å². The van der Waals surface area contributed by atoms with Gasteiger partial charge in [0, 0.05) is 33.8 Å². The van der Waals surface area contributed by atoms with E-state index in [1.54, 1.807) is 15.9 Å². The third kappa shape index (κ3) is 3.49. The van der Waals surface area contributed by atoms with Gasteiger partial charge in [-0.1, -0.05) is 6.07 Å². The number of nitrogens with one attached hydrogen (secondary N) is 1. The summed E-state index contributed by atoms with van der Waals surface area (Å²) >= 11 is 0. The number of nitrogens with zero attached hydrogens (tertiary/aromatic N) is 4. The summed E-state index contributed by atoms with van der Waals surface area (Å²) in [6.45, 7) is 0. The van der Waals surface area contributed by atoms with Crippen molar-refractivity contribution in [2.45, 2.75) is 0 Å². The summed E-state index contributed by atoms with van der Waals surface area (Å²) in [7, 11) is 7.30. The normalized spacial score (nSPS) is 10.2. The molecule has 0 saturated heterocycles. The molecule has 0 fully saturated rings. The van der Waals surface area contributed by atoms with Crippen molar-refractivity contribution in [3.8, 4) is 0 Å². The van der Waals surface area contributed by atoms with E-state index in [0.29, 0.717) is 17.5 Å². The van der Waals surface area contributed by atoms with E-state index in [1.807, 2.05) is 28.2 Å². The summed E-state index contributed by atoms with van der Waals surface area (Å²) in [4.78, 5) is 24.3. The standard InChI is InChI=1S/C15H18FN5O/c1-20(2)13-12(9-17-15(19-13)21(3)4)18-14(22)10-6-5-7-11(16)8-10/h5-9H,1-4H3,(H,18,22). The fourth-order valence-electron chi connectivity index (χ4n) is 1.83. The zero-order valence-electron chi connectivity index (χ0n) is 13.0. The summed E-state index contributed by atoms with van der Waals surface area (Å²) in [6.07, 6.45) is 1.54. The molecule has 0 aliphatic rings. The quantitative estimate of drug-likeness (QED) is 0.936. The van der Waals surface area contributed by atoms with E-state index in [-0.39, 0.29) is 5.56 Å². The Labute approximate surface area is 128 Å². The monoisotopic (exact) mass is 303 g/mol. The van der Waals surface area contributed by atoms with Crippen LogP contribution in [0.5, 0.6) is 0 Å². The molecule has 1 aromatic carbocycles. The molecule has 0 aliphatic carbocycles. The molecular weight excluding hydrogens is 285 g/mol. The summed E-state index contributed by atoms with van der Waals surface area (Å²) in [6, 6.07) is 5.50. The molecule has 6 nitrogen and oxygen atoms in total. The topological polar surface area (TPSA) is 61.4 Å². The number of amides is 1. The molecule has 2 aromatic rings. The van der Waals surface area contributed by atoms with Crippen molar-refractivity contribution in [1.82, 2.24) is 9.97 Å². The van der Waals surface area contributed by atoms with Crippen LogP contribution in [0, 0.1) is 5.82 Å². The van der Waals surface area contributed by atoms with Crippen molar-refractivity contribution in [2.24, 2.45) is 0 Å². The third-order valence-electron chi connectivity index (χ3n) is 2.91. The van der Waals surface area contributed by atoms with Gasteiger partial charge in [-0.15, -0.1) is 0 Å². The maximum Gasteiger partial charge on any atom is 0.255 e. The van der Waals surface area contributed by atoms with Crippen LogP contribution >= 0.6 is 0 Å². The summed E-state index contributed by atoms with van der Waals surface area (Å²) in [5.74, 6) is 0.236. The first kappa shape index (κ1) is 15.7. The molecular formula is C15H18FN5O. The van der Waals surface area contributed by atoms with Crippen LogP contribution in [0.4, 0.5) is 21.8 Å². The lowest BCUT2D eigenvalue weighted by Crippen LogP contribution is -2.21. The summed E-state index contributed by atoms with van der Waals surface area (Å²) in [5, 5.41) is 2.71. The maximum absolute atomic E-state index is 13.2. The molecule has 0 atom stereocenters. The molecule has 22 heavy (non-hydrogen) atoms. The lowest BCUT2D eigenvalue weighted by Gasteiger charge is -2.19. The molecule has 0 spiro atoms. The van der Waals surface area contributed by atoms with Crippen molar-refractivity contribution in [1.29, 1.82) is 0 Å². The Bertz CT molecular complexity index is 687. The van der Waals surface area contributed by atoms with E-state index in [0.717, 1.165) is 0 Å². The zero-order chi connectivity index (χ0) is 16.3. The van der Waals surface area contributed by atoms with Gasteiger partial charge in [0.2, 0.25) is 5.95 Å². The van der Waals surface area contributed by atoms with Crippen LogP contribution in [-0.2, 0) is 0 Å². The molecule has 116 valence electrons. The van der Waals surface area contributed by atoms with Crippen LogP contribution in [0.1, 0.15) is 10.4 Å². The van der Waals surface area contributed by atoms with E-state index >= 15 is 0 Å². The highest BCUT2D eigenvalue weighted by Gasteiger charge is 2.14. The van der Waals surface area contributed by atoms with Crippen LogP contribution in [0.2, 0.25) is 0 Å². The Morgan fingerprint density at radius 2 is 1.91 bits per heavy atom. The van der Waals surface area contributed by atoms with Gasteiger partial charge in [0.15, 0.2) is 5.82 Å². The highest BCUT2D eigenvalue weighted by Crippen LogP contribution is 2.23. The molecule has 1 N–H and O–H groups in total. The number of hydrogen-bond acceptors (Lipinski definition) is 5. The van der Waals surface area contributed by atoms with Gasteiger partial charge < -0.3 is 15.1 Å². The van der Waals surface area contributed by atoms with Gasteiger partial charge in [-0.3, -0.25) is 4.79 Å². The number of halogens is 1. The van der Waals surface area contributed by atoms with Gasteiger partial charge >= 0.3 is 0 Å². The van der Waals surface area contributed by atoms with Crippen LogP contribution in [0.25, 0.3) is 0 Å². The predicted octanol–water partition coefficient (Wildman–Crippen LogP) is 2.00. The summed E-state index contributed by atoms with van der Waals surface area (Å²) < 4.78 is 13.2. The largest absolute Gasteiger partial charge is 0.361 e. The van der Waals surface area contributed by atoms with Gasteiger partial charge in [-0.05, 0) is 18.2 Å². The van der Waals surface area contributed by atoms with E-state index in [1.165, 1.54) is 24.4 Å². The smallest absolute Gasteiger partial charge is 0.255 e. The number of carbonyl (C=O) groups is 1. The minimum Gasteiger partial charge on any atom is -0.361 e. The van der Waals surface area contributed by atoms with Crippen molar-refractivity contribution in [3.63, 3.8) is 0 Å². The second-order valence-electron chi connectivity index (χ2n) is 5.16. The molecule has 0 aliphatic heterocycles. The van der Waals surface area contributed by atoms with Crippen molar-refractivity contribution in [3.05, 3.63) is 41.8 Å². The van der Waals surface area contributed by atoms with Gasteiger partial charge in [-0.25, -0.2) is 9.37 Å². The molecule has 0 unspecified atom stereocenters. The number of hydrogen-bond donors (Lipinski definition) is 1. The fourth-order valence-corrected chi connectivity index (χ4v) is 1.83. The number of aromatic nitrogens is 2. The second kappa shape index (κ2) is 6.38. The number of benzene rings is 1. The van der Waals surface area contributed by atoms with Crippen molar-refractivity contribution >= 4 is 23.4 Å². The highest BCUT2D eigenvalue weighted by molar-refractivity contribution is 6.05. The van der Waals surface area contributed by atoms with E-state index in [9.17, 15) is 9.18 Å². The predicted molar refractivity (Wildman–Crippen MR) is 85.0 cm³/mol. The molecule has 1 heterocycles. The molecule has 1 amide bonds. The van der Waals surface area contributed by atoms with Gasteiger partial charge in [-0.2, -0.15) is 4.98 Å². The van der Waals surface area contributed by atoms with Crippen molar-refractivity contribution in [2.75, 3.05) is 43.3 Å². The Morgan fingerprint density at radius 3 is 2.50 bits per heavy atom. The number of anilines is 3. The molecule has 0 bridgehead atoms. The highest BCUT2D eigenvalue weighted by atomic mass is 19.1. The first-order chi connectivity index (χ1) is 10.4. The molecule has 2 rings (SSSR count). The number of carbonyl (C=O) groups excluding carboxylic acids is 1.